The van der Waals surface area contributed by atoms with Gasteiger partial charge in [-0.3, -0.25) is 0 Å². The Bertz CT molecular complexity index is 1070. The minimum Gasteiger partial charge on any atom is -0.508 e. The van der Waals surface area contributed by atoms with Crippen molar-refractivity contribution in [2.75, 3.05) is 0 Å². The highest BCUT2D eigenvalue weighted by Gasteiger charge is 2.53. The van der Waals surface area contributed by atoms with Crippen LogP contribution in [0, 0.1) is 17.8 Å². The molecule has 0 amide bonds. The SMILES string of the molecule is C=C(C)C(=O)OC12CC3CC(CC(C3)C1)C2.CC(C)c1ccc(C=CC=Cc2ccc(O)cc2)cc1. The molecule has 4 fully saturated rings. The van der Waals surface area contributed by atoms with E-state index in [4.69, 9.17) is 4.74 Å². The summed E-state index contributed by atoms with van der Waals surface area (Å²) < 4.78 is 5.77. The van der Waals surface area contributed by atoms with Crippen LogP contribution in [-0.2, 0) is 9.53 Å². The van der Waals surface area contributed by atoms with Crippen molar-refractivity contribution in [3.8, 4) is 5.75 Å². The molecule has 0 atom stereocenters. The molecule has 0 saturated heterocycles. The molecule has 0 aromatic heterocycles. The second-order valence-corrected chi connectivity index (χ2v) is 11.4. The molecule has 3 nitrogen and oxygen atoms in total. The summed E-state index contributed by atoms with van der Waals surface area (Å²) in [5.41, 5.74) is 4.06. The van der Waals surface area contributed by atoms with E-state index in [-0.39, 0.29) is 11.6 Å². The number of allylic oxidation sites excluding steroid dienone is 2. The van der Waals surface area contributed by atoms with Crippen LogP contribution < -0.4 is 0 Å². The Kier molecular flexibility index (Phi) is 8.18. The van der Waals surface area contributed by atoms with Crippen LogP contribution in [0.5, 0.6) is 5.75 Å². The molecule has 0 heterocycles. The van der Waals surface area contributed by atoms with Crippen molar-refractivity contribution >= 4 is 18.1 Å². The number of ether oxygens (including phenoxy) is 1. The van der Waals surface area contributed by atoms with Gasteiger partial charge in [0.1, 0.15) is 11.4 Å². The lowest BCUT2D eigenvalue weighted by molar-refractivity contribution is -0.182. The highest BCUT2D eigenvalue weighted by molar-refractivity contribution is 5.87. The van der Waals surface area contributed by atoms with E-state index in [1.165, 1.54) is 30.4 Å². The van der Waals surface area contributed by atoms with E-state index in [1.807, 2.05) is 30.4 Å². The van der Waals surface area contributed by atoms with Crippen LogP contribution in [0.3, 0.4) is 0 Å². The van der Waals surface area contributed by atoms with Crippen molar-refractivity contribution in [2.24, 2.45) is 17.8 Å². The van der Waals surface area contributed by atoms with Crippen LogP contribution in [0.15, 0.2) is 72.8 Å². The van der Waals surface area contributed by atoms with Gasteiger partial charge in [-0.2, -0.15) is 0 Å². The van der Waals surface area contributed by atoms with Gasteiger partial charge < -0.3 is 9.84 Å². The maximum absolute atomic E-state index is 11.7. The quantitative estimate of drug-likeness (QED) is 0.255. The van der Waals surface area contributed by atoms with Crippen molar-refractivity contribution in [1.82, 2.24) is 0 Å². The van der Waals surface area contributed by atoms with Gasteiger partial charge >= 0.3 is 5.97 Å². The van der Waals surface area contributed by atoms with E-state index < -0.39 is 0 Å². The minimum absolute atomic E-state index is 0.106. The molecule has 4 aliphatic rings. The molecule has 36 heavy (non-hydrogen) atoms. The molecule has 2 aromatic carbocycles. The summed E-state index contributed by atoms with van der Waals surface area (Å²) >= 11 is 0. The molecule has 0 unspecified atom stereocenters. The summed E-state index contributed by atoms with van der Waals surface area (Å²) in [6.45, 7) is 9.82. The molecule has 0 aliphatic heterocycles. The van der Waals surface area contributed by atoms with E-state index in [2.05, 4.69) is 50.8 Å². The fourth-order valence-electron chi connectivity index (χ4n) is 6.35. The van der Waals surface area contributed by atoms with Gasteiger partial charge in [-0.1, -0.05) is 81.1 Å². The fraction of sp³-hybridized carbons (Fsp3) is 0.424. The largest absolute Gasteiger partial charge is 0.508 e. The first-order valence-corrected chi connectivity index (χ1v) is 13.3. The van der Waals surface area contributed by atoms with Crippen molar-refractivity contribution in [2.45, 2.75) is 70.8 Å². The van der Waals surface area contributed by atoms with Crippen molar-refractivity contribution < 1.29 is 14.6 Å². The second kappa shape index (κ2) is 11.3. The first-order chi connectivity index (χ1) is 17.2. The third-order valence-electron chi connectivity index (χ3n) is 7.82. The zero-order valence-corrected chi connectivity index (χ0v) is 22.0. The summed E-state index contributed by atoms with van der Waals surface area (Å²) in [7, 11) is 0. The Morgan fingerprint density at radius 2 is 1.33 bits per heavy atom. The van der Waals surface area contributed by atoms with Crippen LogP contribution in [0.25, 0.3) is 12.2 Å². The lowest BCUT2D eigenvalue weighted by atomic mass is 9.54. The molecule has 3 heteroatoms. The summed E-state index contributed by atoms with van der Waals surface area (Å²) in [5, 5.41) is 9.20. The van der Waals surface area contributed by atoms with Crippen LogP contribution in [0.2, 0.25) is 0 Å². The minimum atomic E-state index is -0.179. The molecular weight excluding hydrogens is 444 g/mol. The number of hydrogen-bond acceptors (Lipinski definition) is 3. The fourth-order valence-corrected chi connectivity index (χ4v) is 6.35. The van der Waals surface area contributed by atoms with Crippen molar-refractivity contribution in [3.63, 3.8) is 0 Å². The Balaban J connectivity index is 0.000000173. The predicted molar refractivity (Wildman–Crippen MR) is 149 cm³/mol. The monoisotopic (exact) mass is 484 g/mol. The molecule has 0 spiro atoms. The van der Waals surface area contributed by atoms with Crippen molar-refractivity contribution in [1.29, 1.82) is 0 Å². The molecule has 1 N–H and O–H groups in total. The van der Waals surface area contributed by atoms with Crippen LogP contribution >= 0.6 is 0 Å². The smallest absolute Gasteiger partial charge is 0.333 e. The first kappa shape index (κ1) is 26.0. The first-order valence-electron chi connectivity index (χ1n) is 13.3. The third-order valence-corrected chi connectivity index (χ3v) is 7.82. The standard InChI is InChI=1S/C19H20O.C14H20O2/c1-15(2)18-11-7-16(8-12-18)5-3-4-6-17-9-13-19(20)14-10-17;1-9(2)13(15)16-14-6-10-3-11(7-14)5-12(4-10)8-14/h3-15,20H,1-2H3;10-12H,1,3-8H2,2H3. The van der Waals surface area contributed by atoms with E-state index in [9.17, 15) is 9.90 Å². The number of rotatable bonds is 6. The Morgan fingerprint density at radius 1 is 0.889 bits per heavy atom. The average molecular weight is 485 g/mol. The highest BCUT2D eigenvalue weighted by atomic mass is 16.6. The molecular formula is C33H40O3. The molecule has 4 saturated carbocycles. The van der Waals surface area contributed by atoms with Crippen LogP contribution in [-0.4, -0.2) is 16.7 Å². The van der Waals surface area contributed by atoms with Gasteiger partial charge in [0.05, 0.1) is 0 Å². The number of esters is 1. The van der Waals surface area contributed by atoms with E-state index >= 15 is 0 Å². The normalized spacial score (nSPS) is 26.3. The van der Waals surface area contributed by atoms with E-state index in [1.54, 1.807) is 19.1 Å². The molecule has 6 rings (SSSR count). The zero-order valence-electron chi connectivity index (χ0n) is 22.0. The number of carbonyl (C=O) groups excluding carboxylic acids is 1. The number of aromatic hydroxyl groups is 1. The number of phenolic OH excluding ortho intramolecular Hbond substituents is 1. The van der Waals surface area contributed by atoms with Gasteiger partial charge in [-0.15, -0.1) is 0 Å². The lowest BCUT2D eigenvalue weighted by Gasteiger charge is -2.55. The topological polar surface area (TPSA) is 46.5 Å². The molecule has 190 valence electrons. The van der Waals surface area contributed by atoms with Gasteiger partial charge in [0.25, 0.3) is 0 Å². The van der Waals surface area contributed by atoms with Gasteiger partial charge in [0.15, 0.2) is 0 Å². The number of hydrogen-bond donors (Lipinski definition) is 1. The molecule has 4 aliphatic carbocycles. The average Bonchev–Trinajstić information content (AvgIpc) is 2.82. The highest BCUT2D eigenvalue weighted by Crippen LogP contribution is 2.57. The molecule has 0 radical (unpaired) electrons. The van der Waals surface area contributed by atoms with Gasteiger partial charge in [0.2, 0.25) is 0 Å². The van der Waals surface area contributed by atoms with Gasteiger partial charge in [0, 0.05) is 5.57 Å². The van der Waals surface area contributed by atoms with Crippen LogP contribution in [0.4, 0.5) is 0 Å². The van der Waals surface area contributed by atoms with E-state index in [0.29, 0.717) is 17.2 Å². The molecule has 2 aromatic rings. The van der Waals surface area contributed by atoms with E-state index in [0.717, 1.165) is 42.6 Å². The molecule has 4 bridgehead atoms. The third kappa shape index (κ3) is 6.78. The zero-order chi connectivity index (χ0) is 25.7. The summed E-state index contributed by atoms with van der Waals surface area (Å²) in [4.78, 5) is 11.7. The maximum Gasteiger partial charge on any atom is 0.333 e. The van der Waals surface area contributed by atoms with Gasteiger partial charge in [-0.25, -0.2) is 4.79 Å². The maximum atomic E-state index is 11.7. The summed E-state index contributed by atoms with van der Waals surface area (Å²) in [6.07, 6.45) is 15.6. The van der Waals surface area contributed by atoms with Gasteiger partial charge in [-0.05, 0) is 97.9 Å². The Morgan fingerprint density at radius 3 is 1.75 bits per heavy atom. The van der Waals surface area contributed by atoms with Crippen LogP contribution in [0.1, 0.15) is 81.9 Å². The number of carbonyl (C=O) groups is 1. The van der Waals surface area contributed by atoms with Crippen molar-refractivity contribution in [3.05, 3.63) is 89.5 Å². The number of phenols is 1. The predicted octanol–water partition coefficient (Wildman–Crippen LogP) is 8.32. The number of benzene rings is 2. The second-order valence-electron chi connectivity index (χ2n) is 11.4. The summed E-state index contributed by atoms with van der Waals surface area (Å²) in [6, 6.07) is 15.8. The summed E-state index contributed by atoms with van der Waals surface area (Å²) in [5.74, 6) is 3.16. The Hall–Kier alpha value is -3.07. The Labute approximate surface area is 216 Å². The lowest BCUT2D eigenvalue weighted by Crippen LogP contribution is -2.52.